The van der Waals surface area contributed by atoms with Crippen LogP contribution in [0.5, 0.6) is 0 Å². The summed E-state index contributed by atoms with van der Waals surface area (Å²) >= 11 is 4.63. The second kappa shape index (κ2) is 12.8. The van der Waals surface area contributed by atoms with Gasteiger partial charge in [0.15, 0.2) is 0 Å². The molecule has 8 heteroatoms. The van der Waals surface area contributed by atoms with Gasteiger partial charge >= 0.3 is 22.4 Å². The van der Waals surface area contributed by atoms with Gasteiger partial charge in [-0.05, 0) is 34.1 Å². The quantitative estimate of drug-likeness (QED) is 0.233. The third kappa shape index (κ3) is 7.54. The van der Waals surface area contributed by atoms with Crippen molar-refractivity contribution in [3.8, 4) is 0 Å². The summed E-state index contributed by atoms with van der Waals surface area (Å²) in [6.45, 7) is 6.49. The van der Waals surface area contributed by atoms with Crippen LogP contribution in [0.15, 0.2) is 0 Å². The van der Waals surface area contributed by atoms with Crippen LogP contribution >= 0.6 is 7.92 Å². The first-order valence-electron chi connectivity index (χ1n) is 6.72. The molecule has 0 spiro atoms. The molecule has 0 aromatic carbocycles. The van der Waals surface area contributed by atoms with Crippen molar-refractivity contribution in [3.63, 3.8) is 0 Å². The van der Waals surface area contributed by atoms with Gasteiger partial charge in [0.2, 0.25) is 0 Å². The average Bonchev–Trinajstić information content (AvgIpc) is 2.43. The molecule has 4 N–H and O–H groups in total. The molecule has 20 heavy (non-hydrogen) atoms. The molecule has 0 unspecified atom stereocenters. The van der Waals surface area contributed by atoms with E-state index in [9.17, 15) is 5.11 Å². The zero-order valence-corrected chi connectivity index (χ0v) is 16.1. The maximum absolute atomic E-state index is 9.18. The van der Waals surface area contributed by atoms with Gasteiger partial charge in [0.25, 0.3) is 0 Å². The van der Waals surface area contributed by atoms with E-state index in [-0.39, 0.29) is 30.3 Å². The van der Waals surface area contributed by atoms with E-state index in [0.29, 0.717) is 0 Å². The third-order valence-corrected chi connectivity index (χ3v) is 6.74. The van der Waals surface area contributed by atoms with Gasteiger partial charge in [-0.15, -0.1) is 0 Å². The maximum atomic E-state index is 9.18. The zero-order valence-electron chi connectivity index (χ0n) is 12.1. The van der Waals surface area contributed by atoms with E-state index < -0.39 is 36.5 Å². The number of ether oxygens (including phenoxy) is 1. The van der Waals surface area contributed by atoms with Gasteiger partial charge in [-0.3, -0.25) is 0 Å². The summed E-state index contributed by atoms with van der Waals surface area (Å²) in [5, 5.41) is 36.1. The Hall–Kier alpha value is 1.32. The molecule has 5 atom stereocenters. The average molecular weight is 511 g/mol. The number of hydrogen-bond donors (Lipinski definition) is 4. The van der Waals surface area contributed by atoms with Gasteiger partial charge in [0, 0.05) is 0 Å². The minimum absolute atomic E-state index is 0. The molecule has 0 bridgehead atoms. The van der Waals surface area contributed by atoms with Gasteiger partial charge < -0.3 is 37.8 Å². The van der Waals surface area contributed by atoms with E-state index >= 15 is 0 Å². The summed E-state index contributed by atoms with van der Waals surface area (Å²) in [6.07, 6.45) is -0.459. The number of hydrogen-bond acceptors (Lipinski definition) is 6. The van der Waals surface area contributed by atoms with E-state index in [1.165, 1.54) is 18.5 Å². The van der Waals surface area contributed by atoms with Crippen LogP contribution in [0.3, 0.4) is 0 Å². The normalized spacial score (nSPS) is 33.1. The second-order valence-corrected chi connectivity index (χ2v) is 8.59. The summed E-state index contributed by atoms with van der Waals surface area (Å²) in [5.74, 6) is 0. The smallest absolute Gasteiger partial charge is 0.759 e. The number of aliphatic hydroxyl groups excluding tert-OH is 4. The SMILES string of the molecule is CC[PH+](CC)CC.OC[C@H]1O[C@@H]([S-])[C@H](O)[C@@H](O)[C@@H]1O.[Au+]. The summed E-state index contributed by atoms with van der Waals surface area (Å²) in [6, 6.07) is 0. The predicted molar refractivity (Wildman–Crippen MR) is 81.1 cm³/mol. The van der Waals surface area contributed by atoms with Crippen molar-refractivity contribution in [1.29, 1.82) is 0 Å². The topological polar surface area (TPSA) is 90.2 Å². The Kier molecular flexibility index (Phi) is 15.1. The van der Waals surface area contributed by atoms with Crippen molar-refractivity contribution in [3.05, 3.63) is 0 Å². The Morgan fingerprint density at radius 1 is 0.950 bits per heavy atom. The van der Waals surface area contributed by atoms with Gasteiger partial charge in [0.05, 0.1) is 31.2 Å². The minimum Gasteiger partial charge on any atom is -0.759 e. The molecule has 126 valence electrons. The molecule has 1 rings (SSSR count). The summed E-state index contributed by atoms with van der Waals surface area (Å²) in [4.78, 5) is 0. The zero-order chi connectivity index (χ0) is 15.0. The monoisotopic (exact) mass is 511 g/mol. The molecule has 0 aromatic heterocycles. The summed E-state index contributed by atoms with van der Waals surface area (Å²) < 4.78 is 4.84. The molecule has 0 aliphatic carbocycles. The van der Waals surface area contributed by atoms with Crippen LogP contribution < -0.4 is 0 Å². The van der Waals surface area contributed by atoms with Crippen LogP contribution in [0.1, 0.15) is 20.8 Å². The number of rotatable bonds is 4. The van der Waals surface area contributed by atoms with Crippen LogP contribution in [0.25, 0.3) is 0 Å². The van der Waals surface area contributed by atoms with Crippen LogP contribution in [0.2, 0.25) is 0 Å². The molecule has 1 saturated heterocycles. The van der Waals surface area contributed by atoms with Gasteiger partial charge in [-0.1, -0.05) is 0 Å². The Labute approximate surface area is 143 Å². The Morgan fingerprint density at radius 2 is 1.40 bits per heavy atom. The molecular formula is C12H27AuO5PS+. The Morgan fingerprint density at radius 3 is 1.70 bits per heavy atom. The van der Waals surface area contributed by atoms with Gasteiger partial charge in [-0.25, -0.2) is 0 Å². The van der Waals surface area contributed by atoms with Crippen LogP contribution in [0.4, 0.5) is 0 Å². The first-order chi connectivity index (χ1) is 8.92. The van der Waals surface area contributed by atoms with Crippen molar-refractivity contribution in [2.45, 2.75) is 50.6 Å². The van der Waals surface area contributed by atoms with E-state index in [1.807, 2.05) is 0 Å². The third-order valence-electron chi connectivity index (χ3n) is 3.35. The first-order valence-corrected chi connectivity index (χ1v) is 9.31. The second-order valence-electron chi connectivity index (χ2n) is 4.51. The van der Waals surface area contributed by atoms with Crippen molar-refractivity contribution >= 4 is 20.6 Å². The van der Waals surface area contributed by atoms with Gasteiger partial charge in [-0.2, -0.15) is 0 Å². The molecule has 0 amide bonds. The predicted octanol–water partition coefficient (Wildman–Crippen LogP) is -0.409. The molecule has 0 saturated carbocycles. The van der Waals surface area contributed by atoms with E-state index in [0.717, 1.165) is 0 Å². The summed E-state index contributed by atoms with van der Waals surface area (Å²) in [5.41, 5.74) is -0.986. The molecule has 0 aromatic rings. The fourth-order valence-electron chi connectivity index (χ4n) is 1.82. The van der Waals surface area contributed by atoms with Crippen molar-refractivity contribution in [2.75, 3.05) is 25.1 Å². The van der Waals surface area contributed by atoms with Crippen LogP contribution in [-0.2, 0) is 39.7 Å². The Bertz CT molecular complexity index is 226. The van der Waals surface area contributed by atoms with Crippen molar-refractivity contribution < 1.29 is 47.5 Å². The van der Waals surface area contributed by atoms with Gasteiger partial charge in [0.1, 0.15) is 18.3 Å². The summed E-state index contributed by atoms with van der Waals surface area (Å²) in [7, 11) is 0.137. The molecular weight excluding hydrogens is 484 g/mol. The standard InChI is InChI=1S/C6H12O5S.C6H15P.Au/c7-1-2-3(8)4(9)5(10)6(12)11-2;1-4-7(5-2)6-3;/h2-10,12H,1H2;4-6H2,1-3H3;/q;;+1/t2-,3-,4+,5-,6+;;/m1../s1. The molecule has 0 radical (unpaired) electrons. The fourth-order valence-corrected chi connectivity index (χ4v) is 3.62. The molecule has 1 aliphatic heterocycles. The van der Waals surface area contributed by atoms with Crippen LogP contribution in [-0.4, -0.2) is 75.4 Å². The number of aliphatic hydroxyl groups is 4. The van der Waals surface area contributed by atoms with Crippen LogP contribution in [0, 0.1) is 0 Å². The Balaban J connectivity index is 0. The molecule has 1 fully saturated rings. The van der Waals surface area contributed by atoms with Crippen molar-refractivity contribution in [1.82, 2.24) is 0 Å². The first kappa shape index (κ1) is 23.6. The van der Waals surface area contributed by atoms with E-state index in [2.05, 4.69) is 33.4 Å². The maximum Gasteiger partial charge on any atom is 1.00 e. The largest absolute Gasteiger partial charge is 1.00 e. The van der Waals surface area contributed by atoms with Crippen molar-refractivity contribution in [2.24, 2.45) is 0 Å². The van der Waals surface area contributed by atoms with E-state index in [4.69, 9.17) is 20.1 Å². The minimum atomic E-state index is -1.35. The fraction of sp³-hybridized carbons (Fsp3) is 1.00. The molecule has 5 nitrogen and oxygen atoms in total. The molecule has 1 heterocycles. The molecule has 1 aliphatic rings. The van der Waals surface area contributed by atoms with E-state index in [1.54, 1.807) is 0 Å².